The van der Waals surface area contributed by atoms with Crippen molar-refractivity contribution in [3.05, 3.63) is 85.1 Å². The maximum atomic E-state index is 12.7. The molecule has 10 nitrogen and oxygen atoms in total. The molecule has 0 amide bonds. The van der Waals surface area contributed by atoms with Crippen LogP contribution in [0.15, 0.2) is 85.1 Å². The van der Waals surface area contributed by atoms with Gasteiger partial charge < -0.3 is 39.4 Å². The number of allylic oxidation sites excluding steroid dienone is 13. The zero-order valence-electron chi connectivity index (χ0n) is 36.5. The minimum Gasteiger partial charge on any atom is -0.462 e. The first-order chi connectivity index (χ1) is 28.8. The van der Waals surface area contributed by atoms with E-state index in [0.29, 0.717) is 6.42 Å². The summed E-state index contributed by atoms with van der Waals surface area (Å²) in [5.41, 5.74) is 0. The van der Waals surface area contributed by atoms with Crippen molar-refractivity contribution in [3.8, 4) is 0 Å². The van der Waals surface area contributed by atoms with Crippen LogP contribution in [0.5, 0.6) is 0 Å². The van der Waals surface area contributed by atoms with Crippen molar-refractivity contribution in [1.29, 1.82) is 0 Å². The van der Waals surface area contributed by atoms with Crippen LogP contribution in [-0.4, -0.2) is 89.0 Å². The second kappa shape index (κ2) is 39.0. The van der Waals surface area contributed by atoms with E-state index in [4.69, 9.17) is 18.9 Å². The number of esters is 2. The summed E-state index contributed by atoms with van der Waals surface area (Å²) >= 11 is 0. The molecular weight excluding hydrogens is 749 g/mol. The third-order valence-corrected chi connectivity index (χ3v) is 9.87. The molecular formula is C49H80O10. The summed E-state index contributed by atoms with van der Waals surface area (Å²) in [4.78, 5) is 25.2. The second-order valence-electron chi connectivity index (χ2n) is 15.2. The van der Waals surface area contributed by atoms with E-state index in [2.05, 4.69) is 74.6 Å². The highest BCUT2D eigenvalue weighted by atomic mass is 16.7. The number of ether oxygens (including phenoxy) is 4. The highest BCUT2D eigenvalue weighted by molar-refractivity contribution is 5.82. The van der Waals surface area contributed by atoms with Crippen LogP contribution < -0.4 is 0 Å². The third-order valence-electron chi connectivity index (χ3n) is 9.87. The van der Waals surface area contributed by atoms with E-state index in [1.54, 1.807) is 12.2 Å². The molecule has 0 radical (unpaired) electrons. The predicted octanol–water partition coefficient (Wildman–Crippen LogP) is 9.77. The lowest BCUT2D eigenvalue weighted by atomic mass is 9.99. The SMILES string of the molecule is CC/C=C/C/C=C/C/C=C/C/C=C/C/C=C/CCCCCC(=O)OC[C@@H](CO[C@H]1O[C@@H](CO)[C@@H](O)C(O)C1O)OC(=O)/C=C/C=C/CCCCCCCCCCCCC. The predicted molar refractivity (Wildman–Crippen MR) is 237 cm³/mol. The lowest BCUT2D eigenvalue weighted by Crippen LogP contribution is -2.59. The molecule has 6 atom stereocenters. The highest BCUT2D eigenvalue weighted by Gasteiger charge is 2.44. The fourth-order valence-electron chi connectivity index (χ4n) is 6.30. The molecule has 0 bridgehead atoms. The number of carbonyl (C=O) groups is 2. The van der Waals surface area contributed by atoms with Crippen LogP contribution in [0.4, 0.5) is 0 Å². The van der Waals surface area contributed by atoms with Crippen molar-refractivity contribution in [2.45, 2.75) is 192 Å². The first-order valence-corrected chi connectivity index (χ1v) is 22.7. The first-order valence-electron chi connectivity index (χ1n) is 22.7. The number of rotatable bonds is 36. The number of hydrogen-bond acceptors (Lipinski definition) is 10. The fraction of sp³-hybridized carbons (Fsp3) is 0.673. The van der Waals surface area contributed by atoms with Crippen LogP contribution >= 0.6 is 0 Å². The van der Waals surface area contributed by atoms with Gasteiger partial charge in [-0.15, -0.1) is 0 Å². The molecule has 0 aliphatic carbocycles. The van der Waals surface area contributed by atoms with Crippen molar-refractivity contribution in [2.24, 2.45) is 0 Å². The number of aliphatic hydroxyl groups excluding tert-OH is 4. The van der Waals surface area contributed by atoms with Gasteiger partial charge in [0, 0.05) is 12.5 Å². The van der Waals surface area contributed by atoms with E-state index in [-0.39, 0.29) is 19.6 Å². The average molecular weight is 829 g/mol. The molecule has 10 heteroatoms. The Bertz CT molecular complexity index is 1230. The van der Waals surface area contributed by atoms with Crippen molar-refractivity contribution in [1.82, 2.24) is 0 Å². The summed E-state index contributed by atoms with van der Waals surface area (Å²) in [7, 11) is 0. The molecule has 0 saturated carbocycles. The van der Waals surface area contributed by atoms with Crippen LogP contribution in [0.3, 0.4) is 0 Å². The van der Waals surface area contributed by atoms with Gasteiger partial charge in [0.1, 0.15) is 31.0 Å². The Balaban J connectivity index is 2.41. The highest BCUT2D eigenvalue weighted by Crippen LogP contribution is 2.22. The first kappa shape index (κ1) is 53.9. The Morgan fingerprint density at radius 2 is 1.12 bits per heavy atom. The monoisotopic (exact) mass is 829 g/mol. The van der Waals surface area contributed by atoms with Gasteiger partial charge >= 0.3 is 11.9 Å². The van der Waals surface area contributed by atoms with E-state index >= 15 is 0 Å². The Morgan fingerprint density at radius 3 is 1.69 bits per heavy atom. The largest absolute Gasteiger partial charge is 0.462 e. The van der Waals surface area contributed by atoms with Crippen molar-refractivity contribution in [2.75, 3.05) is 19.8 Å². The van der Waals surface area contributed by atoms with Gasteiger partial charge in [-0.1, -0.05) is 163 Å². The van der Waals surface area contributed by atoms with Crippen LogP contribution in [0, 0.1) is 0 Å². The zero-order valence-corrected chi connectivity index (χ0v) is 36.5. The molecule has 1 fully saturated rings. The van der Waals surface area contributed by atoms with Gasteiger partial charge in [-0.25, -0.2) is 4.79 Å². The summed E-state index contributed by atoms with van der Waals surface area (Å²) < 4.78 is 21.9. The molecule has 1 aliphatic heterocycles. The van der Waals surface area contributed by atoms with E-state index in [1.165, 1.54) is 70.3 Å². The number of carbonyl (C=O) groups excluding carboxylic acids is 2. The molecule has 0 aromatic rings. The van der Waals surface area contributed by atoms with Crippen molar-refractivity contribution >= 4 is 11.9 Å². The summed E-state index contributed by atoms with van der Waals surface area (Å²) in [5.74, 6) is -1.10. The molecule has 1 heterocycles. The Morgan fingerprint density at radius 1 is 0.593 bits per heavy atom. The topological polar surface area (TPSA) is 152 Å². The van der Waals surface area contributed by atoms with Crippen molar-refractivity contribution < 1.29 is 49.0 Å². The molecule has 1 rings (SSSR count). The van der Waals surface area contributed by atoms with Gasteiger partial charge in [-0.3, -0.25) is 4.79 Å². The molecule has 0 spiro atoms. The van der Waals surface area contributed by atoms with Gasteiger partial charge in [0.2, 0.25) is 0 Å². The minimum atomic E-state index is -1.62. The molecule has 0 aromatic carbocycles. The van der Waals surface area contributed by atoms with Gasteiger partial charge in [0.15, 0.2) is 12.4 Å². The number of aliphatic hydroxyl groups is 4. The molecule has 4 N–H and O–H groups in total. The summed E-state index contributed by atoms with van der Waals surface area (Å²) in [6, 6.07) is 0. The van der Waals surface area contributed by atoms with Gasteiger partial charge in [0.25, 0.3) is 0 Å². The van der Waals surface area contributed by atoms with E-state index in [0.717, 1.165) is 64.2 Å². The van der Waals surface area contributed by atoms with E-state index < -0.39 is 55.4 Å². The smallest absolute Gasteiger partial charge is 0.331 e. The molecule has 1 saturated heterocycles. The van der Waals surface area contributed by atoms with Crippen LogP contribution in [0.1, 0.15) is 155 Å². The van der Waals surface area contributed by atoms with E-state index in [1.807, 2.05) is 6.08 Å². The third kappa shape index (κ3) is 30.5. The molecule has 336 valence electrons. The van der Waals surface area contributed by atoms with Crippen molar-refractivity contribution in [3.63, 3.8) is 0 Å². The standard InChI is InChI=1S/C49H80O10/c1-3-5-7-9-11-13-15-17-19-20-21-22-24-25-27-29-31-33-35-37-44(51)56-40-42(41-57-49-48(55)47(54)46(53)43(39-50)59-49)58-45(52)38-36-34-32-30-28-26-23-18-16-14-12-10-8-6-4-2/h5,7,11,13,17,19,21-22,25,27,32,34,36,38,42-43,46-50,53-55H,3-4,6,8-10,12,14-16,18,20,23-24,26,28-31,33,35,37,39-41H2,1-2H3/b7-5+,13-11+,19-17+,22-21+,27-25+,34-32+,38-36+/t42-,43-,46+,47?,48?,49-/m0/s1. The Kier molecular flexibility index (Phi) is 35.7. The lowest BCUT2D eigenvalue weighted by molar-refractivity contribution is -0.305. The molecule has 0 aromatic heterocycles. The fourth-order valence-corrected chi connectivity index (χ4v) is 6.30. The van der Waals surface area contributed by atoms with Crippen LogP contribution in [-0.2, 0) is 28.5 Å². The quantitative estimate of drug-likeness (QED) is 0.0158. The van der Waals surface area contributed by atoms with Gasteiger partial charge in [-0.2, -0.15) is 0 Å². The zero-order chi connectivity index (χ0) is 43.0. The minimum absolute atomic E-state index is 0.212. The van der Waals surface area contributed by atoms with Crippen LogP contribution in [0.2, 0.25) is 0 Å². The summed E-state index contributed by atoms with van der Waals surface area (Å²) in [5, 5.41) is 40.0. The molecule has 2 unspecified atom stereocenters. The maximum absolute atomic E-state index is 12.7. The average Bonchev–Trinajstić information content (AvgIpc) is 3.23. The lowest BCUT2D eigenvalue weighted by Gasteiger charge is -2.39. The molecule has 1 aliphatic rings. The Hall–Kier alpha value is -3.12. The summed E-state index contributed by atoms with van der Waals surface area (Å²) in [6.45, 7) is 3.15. The van der Waals surface area contributed by atoms with Gasteiger partial charge in [0.05, 0.1) is 13.2 Å². The molecule has 59 heavy (non-hydrogen) atoms. The number of unbranched alkanes of at least 4 members (excludes halogenated alkanes) is 14. The normalized spacial score (nSPS) is 20.8. The van der Waals surface area contributed by atoms with Crippen LogP contribution in [0.25, 0.3) is 0 Å². The van der Waals surface area contributed by atoms with E-state index in [9.17, 15) is 30.0 Å². The maximum Gasteiger partial charge on any atom is 0.331 e. The number of hydrogen-bond donors (Lipinski definition) is 4. The Labute approximate surface area is 356 Å². The second-order valence-corrected chi connectivity index (χ2v) is 15.2. The summed E-state index contributed by atoms with van der Waals surface area (Å²) in [6.07, 6.45) is 43.6. The van der Waals surface area contributed by atoms with Gasteiger partial charge in [-0.05, 0) is 64.2 Å².